The number of aromatic nitrogens is 1. The predicted molar refractivity (Wildman–Crippen MR) is 104 cm³/mol. The number of para-hydroxylation sites is 1. The third-order valence-corrected chi connectivity index (χ3v) is 4.93. The summed E-state index contributed by atoms with van der Waals surface area (Å²) in [6, 6.07) is 16.9. The fourth-order valence-corrected chi connectivity index (χ4v) is 3.36. The molecule has 0 saturated carbocycles. The van der Waals surface area contributed by atoms with Crippen LogP contribution < -0.4 is 10.1 Å². The Labute approximate surface area is 155 Å². The number of methoxy groups -OCH3 is 1. The lowest BCUT2D eigenvalue weighted by molar-refractivity contribution is -0.115. The molecule has 3 rings (SSSR count). The summed E-state index contributed by atoms with van der Waals surface area (Å²) in [7, 11) is 1.55. The topological polar surface area (TPSA) is 51.2 Å². The number of nitrogens with zero attached hydrogens (tertiary/aromatic N) is 1. The van der Waals surface area contributed by atoms with Crippen molar-refractivity contribution in [3.8, 4) is 5.75 Å². The van der Waals surface area contributed by atoms with Crippen LogP contribution in [0.1, 0.15) is 6.92 Å². The number of pyridine rings is 1. The minimum absolute atomic E-state index is 0.138. The lowest BCUT2D eigenvalue weighted by Crippen LogP contribution is -2.22. The lowest BCUT2D eigenvalue weighted by atomic mass is 10.2. The molecule has 0 aliphatic rings. The van der Waals surface area contributed by atoms with E-state index in [9.17, 15) is 4.79 Å². The summed E-state index contributed by atoms with van der Waals surface area (Å²) in [5.74, 6) is 0.430. The van der Waals surface area contributed by atoms with Crippen molar-refractivity contribution in [1.82, 2.24) is 4.98 Å². The molecule has 0 bridgehead atoms. The standard InChI is InChI=1S/C19H17ClN2O2S/c1-12(19(23)22-16-11-14(20)8-9-17(16)24-2)25-18-10-7-13-5-3-4-6-15(13)21-18/h3-12H,1-2H3,(H,22,23)/t12-/m0/s1. The number of hydrogen-bond acceptors (Lipinski definition) is 4. The third kappa shape index (κ3) is 4.24. The van der Waals surface area contributed by atoms with E-state index < -0.39 is 0 Å². The Morgan fingerprint density at radius 1 is 1.20 bits per heavy atom. The van der Waals surface area contributed by atoms with Gasteiger partial charge in [0.25, 0.3) is 0 Å². The predicted octanol–water partition coefficient (Wildman–Crippen LogP) is 5.02. The van der Waals surface area contributed by atoms with E-state index in [2.05, 4.69) is 10.3 Å². The van der Waals surface area contributed by atoms with Gasteiger partial charge in [0.1, 0.15) is 5.75 Å². The maximum absolute atomic E-state index is 12.5. The minimum Gasteiger partial charge on any atom is -0.495 e. The van der Waals surface area contributed by atoms with Gasteiger partial charge >= 0.3 is 0 Å². The smallest absolute Gasteiger partial charge is 0.237 e. The van der Waals surface area contributed by atoms with E-state index >= 15 is 0 Å². The van der Waals surface area contributed by atoms with E-state index in [0.29, 0.717) is 16.5 Å². The zero-order valence-electron chi connectivity index (χ0n) is 13.8. The molecule has 1 heterocycles. The van der Waals surface area contributed by atoms with Gasteiger partial charge in [0.15, 0.2) is 0 Å². The van der Waals surface area contributed by atoms with Gasteiger partial charge in [-0.15, -0.1) is 0 Å². The molecule has 1 N–H and O–H groups in total. The van der Waals surface area contributed by atoms with E-state index in [1.54, 1.807) is 25.3 Å². The first kappa shape index (κ1) is 17.6. The van der Waals surface area contributed by atoms with Crippen LogP contribution in [0.25, 0.3) is 10.9 Å². The Morgan fingerprint density at radius 2 is 2.00 bits per heavy atom. The number of fused-ring (bicyclic) bond motifs is 1. The molecule has 0 aliphatic carbocycles. The highest BCUT2D eigenvalue weighted by atomic mass is 35.5. The van der Waals surface area contributed by atoms with Gasteiger partial charge in [-0.2, -0.15) is 0 Å². The van der Waals surface area contributed by atoms with Gasteiger partial charge in [-0.3, -0.25) is 4.79 Å². The van der Waals surface area contributed by atoms with Crippen LogP contribution in [-0.4, -0.2) is 23.3 Å². The molecule has 0 fully saturated rings. The maximum atomic E-state index is 12.5. The van der Waals surface area contributed by atoms with Crippen LogP contribution in [0.15, 0.2) is 59.6 Å². The van der Waals surface area contributed by atoms with Gasteiger partial charge in [-0.05, 0) is 37.3 Å². The van der Waals surface area contributed by atoms with E-state index in [-0.39, 0.29) is 11.2 Å². The highest BCUT2D eigenvalue weighted by Crippen LogP contribution is 2.29. The van der Waals surface area contributed by atoms with Crippen molar-refractivity contribution in [3.63, 3.8) is 0 Å². The largest absolute Gasteiger partial charge is 0.495 e. The molecule has 6 heteroatoms. The summed E-state index contributed by atoms with van der Waals surface area (Å²) >= 11 is 7.41. The molecule has 0 spiro atoms. The number of anilines is 1. The van der Waals surface area contributed by atoms with E-state index in [1.165, 1.54) is 11.8 Å². The van der Waals surface area contributed by atoms with Gasteiger partial charge in [0.2, 0.25) is 5.91 Å². The van der Waals surface area contributed by atoms with Crippen LogP contribution >= 0.6 is 23.4 Å². The number of ether oxygens (including phenoxy) is 1. The second kappa shape index (κ2) is 7.76. The van der Waals surface area contributed by atoms with Crippen molar-refractivity contribution in [1.29, 1.82) is 0 Å². The zero-order chi connectivity index (χ0) is 17.8. The number of carbonyl (C=O) groups excluding carboxylic acids is 1. The Hall–Kier alpha value is -2.24. The summed E-state index contributed by atoms with van der Waals surface area (Å²) in [6.45, 7) is 1.84. The fraction of sp³-hybridized carbons (Fsp3) is 0.158. The molecule has 0 unspecified atom stereocenters. The second-order valence-electron chi connectivity index (χ2n) is 5.44. The summed E-state index contributed by atoms with van der Waals surface area (Å²) in [5, 5.41) is 4.96. The molecule has 1 atom stereocenters. The fourth-order valence-electron chi connectivity index (χ4n) is 2.36. The quantitative estimate of drug-likeness (QED) is 0.639. The van der Waals surface area contributed by atoms with Gasteiger partial charge in [-0.25, -0.2) is 4.98 Å². The van der Waals surface area contributed by atoms with Crippen LogP contribution in [0.4, 0.5) is 5.69 Å². The Morgan fingerprint density at radius 3 is 2.80 bits per heavy atom. The highest BCUT2D eigenvalue weighted by molar-refractivity contribution is 8.00. The average molecular weight is 373 g/mol. The van der Waals surface area contributed by atoms with Crippen molar-refractivity contribution in [2.45, 2.75) is 17.2 Å². The molecule has 128 valence electrons. The third-order valence-electron chi connectivity index (χ3n) is 3.66. The SMILES string of the molecule is COc1ccc(Cl)cc1NC(=O)[C@H](C)Sc1ccc2ccccc2n1. The second-order valence-corrected chi connectivity index (χ2v) is 7.23. The van der Waals surface area contributed by atoms with Crippen LogP contribution in [-0.2, 0) is 4.79 Å². The minimum atomic E-state index is -0.322. The molecule has 1 aromatic heterocycles. The summed E-state index contributed by atoms with van der Waals surface area (Å²) in [6.07, 6.45) is 0. The van der Waals surface area contributed by atoms with Gasteiger partial charge in [0.05, 0.1) is 28.6 Å². The van der Waals surface area contributed by atoms with Crippen molar-refractivity contribution >= 4 is 45.9 Å². The van der Waals surface area contributed by atoms with E-state index in [1.807, 2.05) is 43.3 Å². The van der Waals surface area contributed by atoms with Crippen molar-refractivity contribution in [2.75, 3.05) is 12.4 Å². The summed E-state index contributed by atoms with van der Waals surface area (Å²) in [5.41, 5.74) is 1.47. The average Bonchev–Trinajstić information content (AvgIpc) is 2.61. The Bertz CT molecular complexity index is 917. The van der Waals surface area contributed by atoms with Crippen molar-refractivity contribution in [2.24, 2.45) is 0 Å². The molecular weight excluding hydrogens is 356 g/mol. The molecule has 0 aliphatic heterocycles. The normalized spacial score (nSPS) is 12.0. The van der Waals surface area contributed by atoms with Gasteiger partial charge in [0, 0.05) is 10.4 Å². The molecule has 4 nitrogen and oxygen atoms in total. The first-order valence-electron chi connectivity index (χ1n) is 7.73. The van der Waals surface area contributed by atoms with Crippen LogP contribution in [0.2, 0.25) is 5.02 Å². The molecule has 0 radical (unpaired) electrons. The van der Waals surface area contributed by atoms with Gasteiger partial charge in [-0.1, -0.05) is 47.6 Å². The first-order chi connectivity index (χ1) is 12.1. The van der Waals surface area contributed by atoms with Crippen LogP contribution in [0, 0.1) is 0 Å². The highest BCUT2D eigenvalue weighted by Gasteiger charge is 2.17. The van der Waals surface area contributed by atoms with Crippen molar-refractivity contribution in [3.05, 3.63) is 59.6 Å². The number of carbonyl (C=O) groups is 1. The lowest BCUT2D eigenvalue weighted by Gasteiger charge is -2.14. The number of nitrogens with one attached hydrogen (secondary N) is 1. The van der Waals surface area contributed by atoms with Crippen LogP contribution in [0.3, 0.4) is 0 Å². The number of thioether (sulfide) groups is 1. The van der Waals surface area contributed by atoms with Crippen molar-refractivity contribution < 1.29 is 9.53 Å². The maximum Gasteiger partial charge on any atom is 0.237 e. The summed E-state index contributed by atoms with van der Waals surface area (Å²) < 4.78 is 5.25. The van der Waals surface area contributed by atoms with Gasteiger partial charge < -0.3 is 10.1 Å². The first-order valence-corrected chi connectivity index (χ1v) is 8.99. The number of benzene rings is 2. The molecule has 0 saturated heterocycles. The summed E-state index contributed by atoms with van der Waals surface area (Å²) in [4.78, 5) is 17.1. The van der Waals surface area contributed by atoms with Crippen LogP contribution in [0.5, 0.6) is 5.75 Å². The number of amides is 1. The molecular formula is C19H17ClN2O2S. The Balaban J connectivity index is 1.72. The molecule has 1 amide bonds. The monoisotopic (exact) mass is 372 g/mol. The zero-order valence-corrected chi connectivity index (χ0v) is 15.4. The van der Waals surface area contributed by atoms with E-state index in [4.69, 9.17) is 16.3 Å². The number of rotatable bonds is 5. The number of halogens is 1. The molecule has 3 aromatic rings. The van der Waals surface area contributed by atoms with E-state index in [0.717, 1.165) is 15.9 Å². The number of hydrogen-bond donors (Lipinski definition) is 1. The Kier molecular flexibility index (Phi) is 5.46. The molecule has 2 aromatic carbocycles. The molecule has 25 heavy (non-hydrogen) atoms.